The predicted octanol–water partition coefficient (Wildman–Crippen LogP) is 2.03. The Hall–Kier alpha value is -2.71. The van der Waals surface area contributed by atoms with Crippen LogP contribution in [0.2, 0.25) is 0 Å². The first-order valence-electron chi connectivity index (χ1n) is 8.47. The van der Waals surface area contributed by atoms with Crippen LogP contribution in [0.4, 0.5) is 5.69 Å². The summed E-state index contributed by atoms with van der Waals surface area (Å²) >= 11 is 3.02. The van der Waals surface area contributed by atoms with E-state index in [0.29, 0.717) is 30.0 Å². The Balaban J connectivity index is 1.59. The summed E-state index contributed by atoms with van der Waals surface area (Å²) in [5.74, 6) is -0.336. The van der Waals surface area contributed by atoms with Crippen molar-refractivity contribution in [3.63, 3.8) is 0 Å². The van der Waals surface area contributed by atoms with Gasteiger partial charge < -0.3 is 9.64 Å². The second kappa shape index (κ2) is 7.50. The highest BCUT2D eigenvalue weighted by Gasteiger charge is 2.16. The normalized spacial score (nSPS) is 14.0. The molecule has 0 N–H and O–H groups in total. The molecule has 4 rings (SSSR count). The quantitative estimate of drug-likeness (QED) is 0.630. The number of ether oxygens (including phenoxy) is 1. The van der Waals surface area contributed by atoms with Gasteiger partial charge in [-0.15, -0.1) is 11.3 Å². The van der Waals surface area contributed by atoms with E-state index >= 15 is 0 Å². The van der Waals surface area contributed by atoms with Gasteiger partial charge in [-0.05, 0) is 48.7 Å². The molecule has 0 saturated heterocycles. The number of benzene rings is 1. The first-order valence-corrected chi connectivity index (χ1v) is 10.2. The van der Waals surface area contributed by atoms with E-state index in [1.807, 2.05) is 40.6 Å². The van der Waals surface area contributed by atoms with Crippen molar-refractivity contribution in [1.82, 2.24) is 4.57 Å². The molecule has 0 aliphatic carbocycles. The molecule has 0 atom stereocenters. The number of carbonyl (C=O) groups excluding carboxylic acids is 1. The third kappa shape index (κ3) is 3.58. The molecular weight excluding hydrogens is 382 g/mol. The first kappa shape index (κ1) is 17.7. The van der Waals surface area contributed by atoms with Gasteiger partial charge in [0.1, 0.15) is 13.3 Å². The van der Waals surface area contributed by atoms with Crippen molar-refractivity contribution in [3.05, 3.63) is 71.9 Å². The van der Waals surface area contributed by atoms with Crippen LogP contribution in [0.3, 0.4) is 0 Å². The number of carbonyl (C=O) groups is 1. The number of hydrogen-bond acceptors (Lipinski definition) is 7. The molecular formula is C19H17N3O3S2. The summed E-state index contributed by atoms with van der Waals surface area (Å²) in [5, 5.41) is 1.99. The van der Waals surface area contributed by atoms with Crippen LogP contribution < -0.4 is 19.8 Å². The summed E-state index contributed by atoms with van der Waals surface area (Å²) in [6, 6.07) is 11.1. The molecule has 0 unspecified atom stereocenters. The zero-order chi connectivity index (χ0) is 18.8. The van der Waals surface area contributed by atoms with Crippen LogP contribution in [0.1, 0.15) is 22.2 Å². The number of thiophene rings is 1. The number of rotatable bonds is 4. The Morgan fingerprint density at radius 2 is 2.11 bits per heavy atom. The average molecular weight is 399 g/mol. The summed E-state index contributed by atoms with van der Waals surface area (Å²) in [7, 11) is 0. The molecule has 138 valence electrons. The molecule has 8 heteroatoms. The summed E-state index contributed by atoms with van der Waals surface area (Å²) < 4.78 is 7.38. The van der Waals surface area contributed by atoms with Gasteiger partial charge in [0.2, 0.25) is 0 Å². The Kier molecular flexibility index (Phi) is 4.91. The maximum absolute atomic E-state index is 12.7. The van der Waals surface area contributed by atoms with Crippen molar-refractivity contribution in [3.8, 4) is 0 Å². The molecule has 1 aliphatic rings. The first-order chi connectivity index (χ1) is 13.2. The average Bonchev–Trinajstić information content (AvgIpc) is 3.31. The van der Waals surface area contributed by atoms with E-state index in [1.165, 1.54) is 11.3 Å². The van der Waals surface area contributed by atoms with Gasteiger partial charge in [-0.3, -0.25) is 9.36 Å². The van der Waals surface area contributed by atoms with E-state index in [0.717, 1.165) is 15.4 Å². The predicted molar refractivity (Wildman–Crippen MR) is 107 cm³/mol. The Labute approximate surface area is 163 Å². The van der Waals surface area contributed by atoms with Crippen LogP contribution in [0.15, 0.2) is 51.6 Å². The molecule has 0 saturated carbocycles. The van der Waals surface area contributed by atoms with E-state index in [1.54, 1.807) is 35.0 Å². The number of anilines is 1. The molecule has 3 heterocycles. The van der Waals surface area contributed by atoms with Crippen molar-refractivity contribution in [1.29, 1.82) is 0 Å². The van der Waals surface area contributed by atoms with Crippen molar-refractivity contribution in [2.45, 2.75) is 13.6 Å². The zero-order valence-corrected chi connectivity index (χ0v) is 16.3. The molecule has 1 aromatic carbocycles. The molecule has 0 fully saturated rings. The fourth-order valence-corrected chi connectivity index (χ4v) is 4.49. The molecule has 0 bridgehead atoms. The maximum atomic E-state index is 12.7. The molecule has 27 heavy (non-hydrogen) atoms. The Morgan fingerprint density at radius 3 is 2.81 bits per heavy atom. The van der Waals surface area contributed by atoms with E-state index in [9.17, 15) is 9.59 Å². The van der Waals surface area contributed by atoms with Crippen molar-refractivity contribution in [2.75, 3.05) is 18.2 Å². The third-order valence-corrected chi connectivity index (χ3v) is 6.00. The van der Waals surface area contributed by atoms with Crippen LogP contribution in [0, 0.1) is 0 Å². The summed E-state index contributed by atoms with van der Waals surface area (Å²) in [6.45, 7) is 3.03. The molecule has 2 aromatic heterocycles. The van der Waals surface area contributed by atoms with Gasteiger partial charge in [0, 0.05) is 10.6 Å². The van der Waals surface area contributed by atoms with Crippen LogP contribution in [-0.2, 0) is 11.4 Å². The lowest BCUT2D eigenvalue weighted by molar-refractivity contribution is 0.0526. The van der Waals surface area contributed by atoms with Crippen LogP contribution in [-0.4, -0.2) is 23.8 Å². The smallest absolute Gasteiger partial charge is 0.338 e. The summed E-state index contributed by atoms with van der Waals surface area (Å²) in [4.78, 5) is 32.8. The van der Waals surface area contributed by atoms with Gasteiger partial charge in [0.05, 0.1) is 16.7 Å². The van der Waals surface area contributed by atoms with E-state index < -0.39 is 0 Å². The highest BCUT2D eigenvalue weighted by Crippen LogP contribution is 2.17. The van der Waals surface area contributed by atoms with Gasteiger partial charge >= 0.3 is 5.97 Å². The number of esters is 1. The summed E-state index contributed by atoms with van der Waals surface area (Å²) in [5.41, 5.74) is 1.38. The lowest BCUT2D eigenvalue weighted by atomic mass is 10.2. The van der Waals surface area contributed by atoms with Crippen molar-refractivity contribution >= 4 is 40.4 Å². The lowest BCUT2D eigenvalue weighted by Crippen LogP contribution is -2.42. The third-order valence-electron chi connectivity index (χ3n) is 4.14. The Morgan fingerprint density at radius 1 is 1.30 bits per heavy atom. The molecule has 0 spiro atoms. The number of nitrogens with zero attached hydrogens (tertiary/aromatic N) is 3. The molecule has 6 nitrogen and oxygen atoms in total. The van der Waals surface area contributed by atoms with Gasteiger partial charge in [-0.25, -0.2) is 9.79 Å². The topological polar surface area (TPSA) is 63.9 Å². The molecule has 1 aliphatic heterocycles. The highest BCUT2D eigenvalue weighted by atomic mass is 32.1. The van der Waals surface area contributed by atoms with Crippen LogP contribution in [0.25, 0.3) is 6.08 Å². The Bertz CT molecular complexity index is 1130. The fraction of sp³-hybridized carbons (Fsp3) is 0.211. The van der Waals surface area contributed by atoms with E-state index in [4.69, 9.17) is 4.74 Å². The number of fused-ring (bicyclic) bond motifs is 1. The van der Waals surface area contributed by atoms with Gasteiger partial charge in [0.15, 0.2) is 4.80 Å². The summed E-state index contributed by atoms with van der Waals surface area (Å²) in [6.07, 6.45) is 1.91. The molecule has 0 amide bonds. The maximum Gasteiger partial charge on any atom is 0.338 e. The van der Waals surface area contributed by atoms with Crippen LogP contribution >= 0.6 is 22.7 Å². The van der Waals surface area contributed by atoms with Gasteiger partial charge in [-0.1, -0.05) is 17.4 Å². The highest BCUT2D eigenvalue weighted by molar-refractivity contribution is 7.11. The van der Waals surface area contributed by atoms with E-state index in [-0.39, 0.29) is 11.5 Å². The second-order valence-corrected chi connectivity index (χ2v) is 7.88. The molecule has 0 radical (unpaired) electrons. The number of hydrogen-bond donors (Lipinski definition) is 0. The number of aromatic nitrogens is 1. The number of thiazole rings is 1. The van der Waals surface area contributed by atoms with Crippen molar-refractivity contribution in [2.24, 2.45) is 4.99 Å². The van der Waals surface area contributed by atoms with Crippen LogP contribution in [0.5, 0.6) is 0 Å². The standard InChI is InChI=1S/C19H17N3O3S2/c1-2-25-18(24)13-5-7-14(8-6-13)21-11-20-19-22(12-21)17(23)16(27-19)10-15-4-3-9-26-15/h3-10H,2,11-12H2,1H3/b16-10-. The second-order valence-electron chi connectivity index (χ2n) is 5.89. The van der Waals surface area contributed by atoms with E-state index in [2.05, 4.69) is 4.99 Å². The minimum Gasteiger partial charge on any atom is -0.462 e. The lowest BCUT2D eigenvalue weighted by Gasteiger charge is -2.25. The zero-order valence-electron chi connectivity index (χ0n) is 14.6. The fourth-order valence-electron chi connectivity index (χ4n) is 2.80. The SMILES string of the molecule is CCOC(=O)c1ccc(N2CN=c3s/c(=C\c4cccs4)c(=O)n3C2)cc1. The minimum atomic E-state index is -0.336. The monoisotopic (exact) mass is 399 g/mol. The molecule has 3 aromatic rings. The van der Waals surface area contributed by atoms with Crippen molar-refractivity contribution < 1.29 is 9.53 Å². The van der Waals surface area contributed by atoms with Gasteiger partial charge in [0.25, 0.3) is 5.56 Å². The van der Waals surface area contributed by atoms with Gasteiger partial charge in [-0.2, -0.15) is 0 Å². The largest absolute Gasteiger partial charge is 0.462 e. The minimum absolute atomic E-state index is 0.0278.